The van der Waals surface area contributed by atoms with Gasteiger partial charge in [0, 0.05) is 16.9 Å². The highest BCUT2D eigenvalue weighted by Crippen LogP contribution is 2.21. The summed E-state index contributed by atoms with van der Waals surface area (Å²) in [7, 11) is 0. The maximum Gasteiger partial charge on any atom is 0.274 e. The first kappa shape index (κ1) is 16.9. The summed E-state index contributed by atoms with van der Waals surface area (Å²) < 4.78 is 13.7. The van der Waals surface area contributed by atoms with E-state index < -0.39 is 11.7 Å². The maximum atomic E-state index is 13.7. The number of aromatic nitrogens is 2. The smallest absolute Gasteiger partial charge is 0.274 e. The van der Waals surface area contributed by atoms with Gasteiger partial charge in [-0.3, -0.25) is 4.79 Å². The minimum Gasteiger partial charge on any atom is -0.322 e. The second-order valence-corrected chi connectivity index (χ2v) is 5.70. The number of hydrogen-bond acceptors (Lipinski definition) is 4. The van der Waals surface area contributed by atoms with Crippen molar-refractivity contribution in [2.45, 2.75) is 6.92 Å². The van der Waals surface area contributed by atoms with E-state index in [9.17, 15) is 9.18 Å². The van der Waals surface area contributed by atoms with Crippen LogP contribution in [-0.4, -0.2) is 15.9 Å². The number of para-hydroxylation sites is 1. The van der Waals surface area contributed by atoms with E-state index in [2.05, 4.69) is 20.6 Å². The average molecular weight is 357 g/mol. The lowest BCUT2D eigenvalue weighted by molar-refractivity contribution is 0.102. The van der Waals surface area contributed by atoms with Crippen LogP contribution >= 0.6 is 11.6 Å². The van der Waals surface area contributed by atoms with Gasteiger partial charge in [0.2, 0.25) is 5.95 Å². The second-order valence-electron chi connectivity index (χ2n) is 5.29. The van der Waals surface area contributed by atoms with Crippen LogP contribution in [0.5, 0.6) is 0 Å². The average Bonchev–Trinajstić information content (AvgIpc) is 2.60. The van der Waals surface area contributed by atoms with Gasteiger partial charge in [-0.05, 0) is 42.8 Å². The molecule has 0 aliphatic heterocycles. The topological polar surface area (TPSA) is 66.9 Å². The fraction of sp³-hybridized carbons (Fsp3) is 0.0556. The molecule has 2 N–H and O–H groups in total. The van der Waals surface area contributed by atoms with Crippen LogP contribution < -0.4 is 10.6 Å². The lowest BCUT2D eigenvalue weighted by atomic mass is 10.2. The van der Waals surface area contributed by atoms with Crippen molar-refractivity contribution in [1.82, 2.24) is 9.97 Å². The quantitative estimate of drug-likeness (QED) is 0.718. The standard InChI is InChI=1S/C18H14ClFN4O/c1-11-6-7-12(10-13(11)19)22-17(25)16-8-9-21-18(24-16)23-15-5-3-2-4-14(15)20/h2-10H,1H3,(H,22,25)(H,21,23,24). The van der Waals surface area contributed by atoms with Crippen molar-refractivity contribution < 1.29 is 9.18 Å². The molecule has 0 aliphatic rings. The fourth-order valence-corrected chi connectivity index (χ4v) is 2.27. The highest BCUT2D eigenvalue weighted by atomic mass is 35.5. The molecule has 1 heterocycles. The van der Waals surface area contributed by atoms with Crippen molar-refractivity contribution in [1.29, 1.82) is 0 Å². The molecule has 126 valence electrons. The number of amides is 1. The fourth-order valence-electron chi connectivity index (χ4n) is 2.09. The van der Waals surface area contributed by atoms with Crippen LogP contribution in [-0.2, 0) is 0 Å². The Morgan fingerprint density at radius 1 is 1.16 bits per heavy atom. The lowest BCUT2D eigenvalue weighted by Gasteiger charge is -2.08. The summed E-state index contributed by atoms with van der Waals surface area (Å²) in [5.41, 5.74) is 1.84. The molecule has 0 radical (unpaired) electrons. The van der Waals surface area contributed by atoms with Crippen LogP contribution in [0.4, 0.5) is 21.7 Å². The molecule has 1 aromatic heterocycles. The van der Waals surface area contributed by atoms with Crippen LogP contribution in [0.15, 0.2) is 54.7 Å². The summed E-state index contributed by atoms with van der Waals surface area (Å²) in [5.74, 6) is -0.728. The number of nitrogens with zero attached hydrogens (tertiary/aromatic N) is 2. The summed E-state index contributed by atoms with van der Waals surface area (Å²) >= 11 is 6.05. The highest BCUT2D eigenvalue weighted by Gasteiger charge is 2.11. The van der Waals surface area contributed by atoms with Crippen molar-refractivity contribution in [3.05, 3.63) is 76.8 Å². The number of hydrogen-bond donors (Lipinski definition) is 2. The predicted molar refractivity (Wildman–Crippen MR) is 95.9 cm³/mol. The van der Waals surface area contributed by atoms with E-state index in [1.54, 1.807) is 30.3 Å². The molecule has 0 fully saturated rings. The van der Waals surface area contributed by atoms with E-state index in [4.69, 9.17) is 11.6 Å². The Labute approximate surface area is 148 Å². The Kier molecular flexibility index (Phi) is 4.90. The third-order valence-electron chi connectivity index (χ3n) is 3.44. The molecular weight excluding hydrogens is 343 g/mol. The van der Waals surface area contributed by atoms with Crippen molar-refractivity contribution in [2.24, 2.45) is 0 Å². The number of halogens is 2. The Morgan fingerprint density at radius 2 is 1.96 bits per heavy atom. The first-order valence-corrected chi connectivity index (χ1v) is 7.83. The van der Waals surface area contributed by atoms with Crippen molar-refractivity contribution in [3.8, 4) is 0 Å². The zero-order valence-corrected chi connectivity index (χ0v) is 14.0. The summed E-state index contributed by atoms with van der Waals surface area (Å²) in [6, 6.07) is 12.8. The molecule has 0 bridgehead atoms. The van der Waals surface area contributed by atoms with E-state index in [0.717, 1.165) is 5.56 Å². The molecule has 3 aromatic rings. The van der Waals surface area contributed by atoms with E-state index in [1.807, 2.05) is 13.0 Å². The normalized spacial score (nSPS) is 10.4. The van der Waals surface area contributed by atoms with Gasteiger partial charge in [0.05, 0.1) is 5.69 Å². The minimum absolute atomic E-state index is 0.125. The summed E-state index contributed by atoms with van der Waals surface area (Å²) in [6.45, 7) is 1.87. The molecule has 0 atom stereocenters. The Balaban J connectivity index is 1.77. The summed E-state index contributed by atoms with van der Waals surface area (Å²) in [6.07, 6.45) is 1.42. The van der Waals surface area contributed by atoms with Crippen molar-refractivity contribution in [2.75, 3.05) is 10.6 Å². The van der Waals surface area contributed by atoms with Crippen molar-refractivity contribution in [3.63, 3.8) is 0 Å². The Hall–Kier alpha value is -2.99. The van der Waals surface area contributed by atoms with Gasteiger partial charge in [0.25, 0.3) is 5.91 Å². The molecule has 3 rings (SSSR count). The molecule has 7 heteroatoms. The summed E-state index contributed by atoms with van der Waals surface area (Å²) in [4.78, 5) is 20.4. The number of carbonyl (C=O) groups excluding carboxylic acids is 1. The molecule has 0 aliphatic carbocycles. The zero-order valence-electron chi connectivity index (χ0n) is 13.3. The Bertz CT molecular complexity index is 932. The molecule has 2 aromatic carbocycles. The zero-order chi connectivity index (χ0) is 17.8. The molecular formula is C18H14ClFN4O. The third-order valence-corrected chi connectivity index (χ3v) is 3.85. The highest BCUT2D eigenvalue weighted by molar-refractivity contribution is 6.31. The van der Waals surface area contributed by atoms with Gasteiger partial charge < -0.3 is 10.6 Å². The number of nitrogens with one attached hydrogen (secondary N) is 2. The summed E-state index contributed by atoms with van der Waals surface area (Å²) in [5, 5.41) is 6.02. The second kappa shape index (κ2) is 7.27. The van der Waals surface area contributed by atoms with Gasteiger partial charge in [-0.2, -0.15) is 0 Å². The lowest BCUT2D eigenvalue weighted by Crippen LogP contribution is -2.15. The molecule has 0 saturated heterocycles. The number of anilines is 3. The number of benzene rings is 2. The molecule has 0 unspecified atom stereocenters. The number of carbonyl (C=O) groups is 1. The third kappa shape index (κ3) is 4.10. The Morgan fingerprint density at radius 3 is 2.72 bits per heavy atom. The molecule has 5 nitrogen and oxygen atoms in total. The van der Waals surface area contributed by atoms with E-state index >= 15 is 0 Å². The van der Waals surface area contributed by atoms with Gasteiger partial charge in [-0.25, -0.2) is 14.4 Å². The van der Waals surface area contributed by atoms with E-state index in [0.29, 0.717) is 10.7 Å². The maximum absolute atomic E-state index is 13.7. The van der Waals surface area contributed by atoms with Crippen LogP contribution in [0.25, 0.3) is 0 Å². The van der Waals surface area contributed by atoms with Crippen LogP contribution in [0.2, 0.25) is 5.02 Å². The van der Waals surface area contributed by atoms with Gasteiger partial charge >= 0.3 is 0 Å². The minimum atomic E-state index is -0.435. The monoisotopic (exact) mass is 356 g/mol. The van der Waals surface area contributed by atoms with Crippen molar-refractivity contribution >= 4 is 34.8 Å². The first-order chi connectivity index (χ1) is 12.0. The van der Waals surface area contributed by atoms with E-state index in [1.165, 1.54) is 18.3 Å². The van der Waals surface area contributed by atoms with Gasteiger partial charge in [-0.15, -0.1) is 0 Å². The number of aryl methyl sites for hydroxylation is 1. The molecule has 25 heavy (non-hydrogen) atoms. The van der Waals surface area contributed by atoms with Crippen LogP contribution in [0.3, 0.4) is 0 Å². The van der Waals surface area contributed by atoms with E-state index in [-0.39, 0.29) is 17.3 Å². The SMILES string of the molecule is Cc1ccc(NC(=O)c2ccnc(Nc3ccccc3F)n2)cc1Cl. The van der Waals surface area contributed by atoms with Crippen LogP contribution in [0, 0.1) is 12.7 Å². The molecule has 0 saturated carbocycles. The molecule has 1 amide bonds. The first-order valence-electron chi connectivity index (χ1n) is 7.45. The largest absolute Gasteiger partial charge is 0.322 e. The molecule has 0 spiro atoms. The van der Waals surface area contributed by atoms with Gasteiger partial charge in [0.1, 0.15) is 11.5 Å². The number of rotatable bonds is 4. The predicted octanol–water partition coefficient (Wildman–Crippen LogP) is 4.57. The van der Waals surface area contributed by atoms with Crippen LogP contribution in [0.1, 0.15) is 16.1 Å². The van der Waals surface area contributed by atoms with Gasteiger partial charge in [0.15, 0.2) is 0 Å². The van der Waals surface area contributed by atoms with Gasteiger partial charge in [-0.1, -0.05) is 29.8 Å².